The monoisotopic (exact) mass is 214 g/mol. The van der Waals surface area contributed by atoms with E-state index in [1.807, 2.05) is 19.1 Å². The zero-order valence-corrected chi connectivity index (χ0v) is 8.98. The molecule has 1 N–H and O–H groups in total. The number of nitrogens with zero attached hydrogens (tertiary/aromatic N) is 3. The fraction of sp³-hybridized carbons (Fsp3) is 0.182. The average molecular weight is 214 g/mol. The maximum Gasteiger partial charge on any atom is 0.247 e. The number of imidazole rings is 1. The van der Waals surface area contributed by atoms with Crippen molar-refractivity contribution in [2.45, 2.75) is 13.8 Å². The largest absolute Gasteiger partial charge is 0.421 e. The first-order valence-electron chi connectivity index (χ1n) is 4.98. The summed E-state index contributed by atoms with van der Waals surface area (Å²) >= 11 is 0. The molecule has 1 aromatic carbocycles. The highest BCUT2D eigenvalue weighted by molar-refractivity contribution is 5.82. The molecule has 0 saturated heterocycles. The normalized spacial score (nSPS) is 11.1. The summed E-state index contributed by atoms with van der Waals surface area (Å²) in [5.41, 5.74) is 3.95. The van der Waals surface area contributed by atoms with E-state index in [1.165, 1.54) is 0 Å². The van der Waals surface area contributed by atoms with E-state index in [-0.39, 0.29) is 0 Å². The van der Waals surface area contributed by atoms with Gasteiger partial charge in [0.25, 0.3) is 0 Å². The zero-order chi connectivity index (χ0) is 11.1. The summed E-state index contributed by atoms with van der Waals surface area (Å²) in [6.07, 6.45) is 1.68. The number of aromatic amines is 1. The third-order valence-corrected chi connectivity index (χ3v) is 2.49. The summed E-state index contributed by atoms with van der Waals surface area (Å²) in [4.78, 5) is 7.31. The highest BCUT2D eigenvalue weighted by atomic mass is 16.4. The van der Waals surface area contributed by atoms with Gasteiger partial charge in [-0.05, 0) is 24.6 Å². The Balaban J connectivity index is 2.24. The highest BCUT2D eigenvalue weighted by Crippen LogP contribution is 2.24. The summed E-state index contributed by atoms with van der Waals surface area (Å²) in [6, 6.07) is 3.96. The van der Waals surface area contributed by atoms with Gasteiger partial charge in [-0.3, -0.25) is 0 Å². The van der Waals surface area contributed by atoms with Crippen molar-refractivity contribution in [2.24, 2.45) is 0 Å². The van der Waals surface area contributed by atoms with E-state index in [4.69, 9.17) is 4.42 Å². The van der Waals surface area contributed by atoms with Crippen LogP contribution in [-0.4, -0.2) is 20.2 Å². The molecule has 0 fully saturated rings. The van der Waals surface area contributed by atoms with Crippen molar-refractivity contribution in [3.63, 3.8) is 0 Å². The van der Waals surface area contributed by atoms with Crippen molar-refractivity contribution >= 4 is 11.0 Å². The second-order valence-corrected chi connectivity index (χ2v) is 3.72. The van der Waals surface area contributed by atoms with Gasteiger partial charge < -0.3 is 9.40 Å². The van der Waals surface area contributed by atoms with Crippen molar-refractivity contribution in [1.29, 1.82) is 0 Å². The van der Waals surface area contributed by atoms with Crippen LogP contribution in [0.1, 0.15) is 11.5 Å². The third kappa shape index (κ3) is 1.29. The zero-order valence-electron chi connectivity index (χ0n) is 8.98. The van der Waals surface area contributed by atoms with Gasteiger partial charge in [-0.2, -0.15) is 0 Å². The van der Waals surface area contributed by atoms with Gasteiger partial charge in [-0.25, -0.2) is 4.98 Å². The molecule has 0 aliphatic carbocycles. The van der Waals surface area contributed by atoms with Gasteiger partial charge in [0.1, 0.15) is 0 Å². The Kier molecular flexibility index (Phi) is 1.80. The summed E-state index contributed by atoms with van der Waals surface area (Å²) in [5.74, 6) is 1.11. The highest BCUT2D eigenvalue weighted by Gasteiger charge is 2.09. The lowest BCUT2D eigenvalue weighted by Crippen LogP contribution is -1.83. The molecule has 2 heterocycles. The van der Waals surface area contributed by atoms with Crippen molar-refractivity contribution in [1.82, 2.24) is 20.2 Å². The molecular formula is C11H10N4O. The fourth-order valence-electron chi connectivity index (χ4n) is 1.76. The molecule has 0 spiro atoms. The number of aromatic nitrogens is 4. The summed E-state index contributed by atoms with van der Waals surface area (Å²) in [6.45, 7) is 3.79. The lowest BCUT2D eigenvalue weighted by atomic mass is 10.1. The van der Waals surface area contributed by atoms with E-state index in [0.29, 0.717) is 11.8 Å². The Hall–Kier alpha value is -2.17. The van der Waals surface area contributed by atoms with Crippen LogP contribution in [0.4, 0.5) is 0 Å². The van der Waals surface area contributed by atoms with Crippen LogP contribution in [0.25, 0.3) is 22.5 Å². The Bertz CT molecular complexity index is 653. The van der Waals surface area contributed by atoms with E-state index in [0.717, 1.165) is 22.2 Å². The van der Waals surface area contributed by atoms with Gasteiger partial charge in [-0.1, -0.05) is 0 Å². The quantitative estimate of drug-likeness (QED) is 0.674. The van der Waals surface area contributed by atoms with Crippen LogP contribution in [0.2, 0.25) is 0 Å². The first-order valence-corrected chi connectivity index (χ1v) is 4.98. The predicted octanol–water partition coefficient (Wildman–Crippen LogP) is 2.23. The van der Waals surface area contributed by atoms with E-state index in [2.05, 4.69) is 20.2 Å². The lowest BCUT2D eigenvalue weighted by Gasteiger charge is -1.98. The van der Waals surface area contributed by atoms with Gasteiger partial charge in [0.2, 0.25) is 11.8 Å². The molecule has 0 bridgehead atoms. The van der Waals surface area contributed by atoms with E-state index in [1.54, 1.807) is 13.3 Å². The summed E-state index contributed by atoms with van der Waals surface area (Å²) < 4.78 is 5.39. The van der Waals surface area contributed by atoms with Crippen LogP contribution in [0.15, 0.2) is 22.9 Å². The van der Waals surface area contributed by atoms with Gasteiger partial charge in [-0.15, -0.1) is 10.2 Å². The second-order valence-electron chi connectivity index (χ2n) is 3.72. The molecule has 16 heavy (non-hydrogen) atoms. The van der Waals surface area contributed by atoms with E-state index < -0.39 is 0 Å². The molecule has 5 nitrogen and oxygen atoms in total. The lowest BCUT2D eigenvalue weighted by molar-refractivity contribution is 0.533. The van der Waals surface area contributed by atoms with Crippen molar-refractivity contribution in [3.05, 3.63) is 29.9 Å². The minimum atomic E-state index is 0.539. The Labute approximate surface area is 91.5 Å². The van der Waals surface area contributed by atoms with E-state index >= 15 is 0 Å². The molecule has 5 heteroatoms. The van der Waals surface area contributed by atoms with E-state index in [9.17, 15) is 0 Å². The van der Waals surface area contributed by atoms with Gasteiger partial charge >= 0.3 is 0 Å². The molecule has 3 rings (SSSR count). The number of rotatable bonds is 1. The van der Waals surface area contributed by atoms with Crippen molar-refractivity contribution in [2.75, 3.05) is 0 Å². The number of hydrogen-bond acceptors (Lipinski definition) is 4. The Morgan fingerprint density at radius 2 is 2.06 bits per heavy atom. The van der Waals surface area contributed by atoms with Crippen LogP contribution >= 0.6 is 0 Å². The number of hydrogen-bond donors (Lipinski definition) is 1. The summed E-state index contributed by atoms with van der Waals surface area (Å²) in [7, 11) is 0. The standard InChI is InChI=1S/C11H10N4O/c1-6-3-8(11-15-14-7(2)16-11)4-9-10(6)13-5-12-9/h3-5H,1-2H3,(H,12,13). The number of aryl methyl sites for hydroxylation is 2. The molecule has 80 valence electrons. The number of H-pyrrole nitrogens is 1. The predicted molar refractivity (Wildman–Crippen MR) is 58.9 cm³/mol. The Morgan fingerprint density at radius 3 is 2.81 bits per heavy atom. The van der Waals surface area contributed by atoms with Crippen molar-refractivity contribution < 1.29 is 4.42 Å². The molecule has 0 aliphatic heterocycles. The number of nitrogens with one attached hydrogen (secondary N) is 1. The van der Waals surface area contributed by atoms with Crippen LogP contribution in [0.5, 0.6) is 0 Å². The Morgan fingerprint density at radius 1 is 1.19 bits per heavy atom. The maximum absolute atomic E-state index is 5.39. The molecular weight excluding hydrogens is 204 g/mol. The van der Waals surface area contributed by atoms with Gasteiger partial charge in [0, 0.05) is 12.5 Å². The summed E-state index contributed by atoms with van der Waals surface area (Å²) in [5, 5.41) is 7.82. The van der Waals surface area contributed by atoms with Gasteiger partial charge in [0.15, 0.2) is 0 Å². The molecule has 0 unspecified atom stereocenters. The molecule has 3 aromatic rings. The average Bonchev–Trinajstić information content (AvgIpc) is 2.85. The minimum absolute atomic E-state index is 0.539. The molecule has 0 saturated carbocycles. The van der Waals surface area contributed by atoms with Crippen LogP contribution in [0.3, 0.4) is 0 Å². The second kappa shape index (κ2) is 3.16. The van der Waals surface area contributed by atoms with Gasteiger partial charge in [0.05, 0.1) is 17.4 Å². The molecule has 0 radical (unpaired) electrons. The maximum atomic E-state index is 5.39. The first-order chi connectivity index (χ1) is 7.74. The molecule has 0 aliphatic rings. The van der Waals surface area contributed by atoms with Crippen LogP contribution in [0, 0.1) is 13.8 Å². The number of fused-ring (bicyclic) bond motifs is 1. The SMILES string of the molecule is Cc1nnc(-c2cc(C)c3nc[nH]c3c2)o1. The van der Waals surface area contributed by atoms with Crippen molar-refractivity contribution in [3.8, 4) is 11.5 Å². The molecule has 2 aromatic heterocycles. The fourth-order valence-corrected chi connectivity index (χ4v) is 1.76. The topological polar surface area (TPSA) is 67.6 Å². The first kappa shape index (κ1) is 9.08. The smallest absolute Gasteiger partial charge is 0.247 e. The number of benzene rings is 1. The van der Waals surface area contributed by atoms with Crippen LogP contribution < -0.4 is 0 Å². The molecule has 0 amide bonds. The van der Waals surface area contributed by atoms with Crippen LogP contribution in [-0.2, 0) is 0 Å². The minimum Gasteiger partial charge on any atom is -0.421 e. The molecule has 0 atom stereocenters. The third-order valence-electron chi connectivity index (χ3n) is 2.49.